The van der Waals surface area contributed by atoms with Gasteiger partial charge in [0.15, 0.2) is 0 Å². The van der Waals surface area contributed by atoms with Crippen molar-refractivity contribution in [3.05, 3.63) is 53.3 Å². The van der Waals surface area contributed by atoms with Gasteiger partial charge in [-0.25, -0.2) is 0 Å². The van der Waals surface area contributed by atoms with Crippen LogP contribution in [0.3, 0.4) is 0 Å². The Balaban J connectivity index is 1.66. The predicted molar refractivity (Wildman–Crippen MR) is 99.4 cm³/mol. The number of aromatic nitrogens is 1. The van der Waals surface area contributed by atoms with E-state index in [0.717, 1.165) is 50.5 Å². The molecule has 1 saturated heterocycles. The van der Waals surface area contributed by atoms with Crippen LogP contribution in [0, 0.1) is 18.3 Å². The number of nitriles is 1. The number of amides is 1. The summed E-state index contributed by atoms with van der Waals surface area (Å²) in [5.41, 5.74) is 2.74. The van der Waals surface area contributed by atoms with E-state index in [1.165, 1.54) is 0 Å². The molecule has 2 aromatic rings. The molecule has 0 radical (unpaired) electrons. The number of nitrogens with one attached hydrogen (secondary N) is 1. The third-order valence-corrected chi connectivity index (χ3v) is 4.64. The molecule has 1 aliphatic heterocycles. The monoisotopic (exact) mass is 352 g/mol. The van der Waals surface area contributed by atoms with Crippen LogP contribution < -0.4 is 5.32 Å². The first-order valence-electron chi connectivity index (χ1n) is 8.96. The van der Waals surface area contributed by atoms with Crippen LogP contribution in [0.2, 0.25) is 0 Å². The first kappa shape index (κ1) is 18.2. The minimum atomic E-state index is -0.211. The standard InChI is InChI=1S/C20H24N4O2/c1-16-5-2-3-6-18(16)24-10-7-17(15-21)19(24)20(25)22-8-4-9-23-11-13-26-14-12-23/h2-3,5-7,10H,4,8-9,11-14H2,1H3,(H,22,25). The molecule has 0 spiro atoms. The maximum atomic E-state index is 12.7. The van der Waals surface area contributed by atoms with Gasteiger partial charge in [-0.05, 0) is 37.6 Å². The van der Waals surface area contributed by atoms with Gasteiger partial charge in [0, 0.05) is 31.5 Å². The Morgan fingerprint density at radius 1 is 1.27 bits per heavy atom. The van der Waals surface area contributed by atoms with E-state index in [4.69, 9.17) is 4.74 Å². The van der Waals surface area contributed by atoms with E-state index >= 15 is 0 Å². The maximum Gasteiger partial charge on any atom is 0.269 e. The molecule has 1 aromatic carbocycles. The first-order valence-corrected chi connectivity index (χ1v) is 8.96. The molecule has 3 rings (SSSR count). The van der Waals surface area contributed by atoms with Gasteiger partial charge in [-0.15, -0.1) is 0 Å². The largest absolute Gasteiger partial charge is 0.379 e. The van der Waals surface area contributed by atoms with Crippen LogP contribution in [0.1, 0.15) is 28.0 Å². The Hall–Kier alpha value is -2.62. The third kappa shape index (κ3) is 4.13. The van der Waals surface area contributed by atoms with E-state index in [2.05, 4.69) is 16.3 Å². The van der Waals surface area contributed by atoms with Crippen LogP contribution in [0.4, 0.5) is 0 Å². The van der Waals surface area contributed by atoms with E-state index in [-0.39, 0.29) is 5.91 Å². The zero-order valence-corrected chi connectivity index (χ0v) is 15.1. The molecule has 1 aromatic heterocycles. The van der Waals surface area contributed by atoms with Crippen molar-refractivity contribution in [3.8, 4) is 11.8 Å². The summed E-state index contributed by atoms with van der Waals surface area (Å²) in [6, 6.07) is 11.6. The summed E-state index contributed by atoms with van der Waals surface area (Å²) in [6.07, 6.45) is 2.65. The fourth-order valence-electron chi connectivity index (χ4n) is 3.20. The van der Waals surface area contributed by atoms with Gasteiger partial charge in [-0.1, -0.05) is 18.2 Å². The number of carbonyl (C=O) groups is 1. The molecule has 0 bridgehead atoms. The molecule has 2 heterocycles. The lowest BCUT2D eigenvalue weighted by atomic mass is 10.2. The SMILES string of the molecule is Cc1ccccc1-n1ccc(C#N)c1C(=O)NCCCN1CCOCC1. The number of para-hydroxylation sites is 1. The summed E-state index contributed by atoms with van der Waals surface area (Å²) in [5, 5.41) is 12.3. The Morgan fingerprint density at radius 3 is 2.77 bits per heavy atom. The van der Waals surface area contributed by atoms with Gasteiger partial charge in [0.25, 0.3) is 5.91 Å². The van der Waals surface area contributed by atoms with E-state index in [0.29, 0.717) is 17.8 Å². The van der Waals surface area contributed by atoms with Crippen LogP contribution in [-0.2, 0) is 4.74 Å². The highest BCUT2D eigenvalue weighted by atomic mass is 16.5. The molecule has 1 N–H and O–H groups in total. The molecular weight excluding hydrogens is 328 g/mol. The first-order chi connectivity index (χ1) is 12.7. The molecule has 0 atom stereocenters. The minimum Gasteiger partial charge on any atom is -0.379 e. The van der Waals surface area contributed by atoms with Gasteiger partial charge >= 0.3 is 0 Å². The summed E-state index contributed by atoms with van der Waals surface area (Å²) in [6.45, 7) is 6.97. The molecule has 1 fully saturated rings. The highest BCUT2D eigenvalue weighted by Crippen LogP contribution is 2.20. The van der Waals surface area contributed by atoms with Crippen LogP contribution in [0.25, 0.3) is 5.69 Å². The second kappa shape index (κ2) is 8.65. The van der Waals surface area contributed by atoms with Crippen molar-refractivity contribution in [3.63, 3.8) is 0 Å². The van der Waals surface area contributed by atoms with Crippen molar-refractivity contribution >= 4 is 5.91 Å². The molecule has 0 unspecified atom stereocenters. The number of hydrogen-bond donors (Lipinski definition) is 1. The Labute approximate surface area is 154 Å². The molecule has 6 nitrogen and oxygen atoms in total. The van der Waals surface area contributed by atoms with Crippen LogP contribution in [0.15, 0.2) is 36.5 Å². The average molecular weight is 352 g/mol. The number of ether oxygens (including phenoxy) is 1. The minimum absolute atomic E-state index is 0.211. The second-order valence-electron chi connectivity index (χ2n) is 6.41. The fourth-order valence-corrected chi connectivity index (χ4v) is 3.20. The lowest BCUT2D eigenvalue weighted by molar-refractivity contribution is 0.0374. The zero-order valence-electron chi connectivity index (χ0n) is 15.1. The Morgan fingerprint density at radius 2 is 2.04 bits per heavy atom. The van der Waals surface area contributed by atoms with E-state index < -0.39 is 0 Å². The van der Waals surface area contributed by atoms with Crippen molar-refractivity contribution in [2.24, 2.45) is 0 Å². The van der Waals surface area contributed by atoms with Gasteiger partial charge in [-0.3, -0.25) is 9.69 Å². The van der Waals surface area contributed by atoms with Crippen LogP contribution in [-0.4, -0.2) is 54.8 Å². The normalized spacial score (nSPS) is 14.8. The number of morpholine rings is 1. The lowest BCUT2D eigenvalue weighted by Crippen LogP contribution is -2.38. The summed E-state index contributed by atoms with van der Waals surface area (Å²) >= 11 is 0. The maximum absolute atomic E-state index is 12.7. The van der Waals surface area contributed by atoms with Gasteiger partial charge in [0.05, 0.1) is 18.8 Å². The topological polar surface area (TPSA) is 70.3 Å². The van der Waals surface area contributed by atoms with Gasteiger partial charge in [0.2, 0.25) is 0 Å². The zero-order chi connectivity index (χ0) is 18.4. The Bertz CT molecular complexity index is 800. The third-order valence-electron chi connectivity index (χ3n) is 4.64. The molecule has 26 heavy (non-hydrogen) atoms. The molecule has 1 amide bonds. The van der Waals surface area contributed by atoms with Crippen molar-refractivity contribution in [2.75, 3.05) is 39.4 Å². The summed E-state index contributed by atoms with van der Waals surface area (Å²) in [5.74, 6) is -0.211. The van der Waals surface area contributed by atoms with Crippen molar-refractivity contribution in [2.45, 2.75) is 13.3 Å². The van der Waals surface area contributed by atoms with E-state index in [9.17, 15) is 10.1 Å². The molecule has 0 aliphatic carbocycles. The van der Waals surface area contributed by atoms with Crippen molar-refractivity contribution in [1.82, 2.24) is 14.8 Å². The predicted octanol–water partition coefficient (Wildman–Crippen LogP) is 2.11. The van der Waals surface area contributed by atoms with Gasteiger partial charge in [-0.2, -0.15) is 5.26 Å². The van der Waals surface area contributed by atoms with Crippen LogP contribution in [0.5, 0.6) is 0 Å². The van der Waals surface area contributed by atoms with E-state index in [1.807, 2.05) is 31.2 Å². The fraction of sp³-hybridized carbons (Fsp3) is 0.400. The molecular formula is C20H24N4O2. The highest BCUT2D eigenvalue weighted by Gasteiger charge is 2.19. The number of benzene rings is 1. The van der Waals surface area contributed by atoms with Crippen LogP contribution >= 0.6 is 0 Å². The lowest BCUT2D eigenvalue weighted by Gasteiger charge is -2.26. The molecule has 136 valence electrons. The average Bonchev–Trinajstić information content (AvgIpc) is 3.10. The van der Waals surface area contributed by atoms with Gasteiger partial charge in [0.1, 0.15) is 11.8 Å². The second-order valence-corrected chi connectivity index (χ2v) is 6.41. The Kier molecular flexibility index (Phi) is 6.05. The molecule has 1 aliphatic rings. The summed E-state index contributed by atoms with van der Waals surface area (Å²) in [7, 11) is 0. The number of carbonyl (C=O) groups excluding carboxylic acids is 1. The highest BCUT2D eigenvalue weighted by molar-refractivity contribution is 5.96. The summed E-state index contributed by atoms with van der Waals surface area (Å²) in [4.78, 5) is 15.1. The van der Waals surface area contributed by atoms with Crippen molar-refractivity contribution in [1.29, 1.82) is 5.26 Å². The number of rotatable bonds is 6. The van der Waals surface area contributed by atoms with E-state index in [1.54, 1.807) is 16.8 Å². The van der Waals surface area contributed by atoms with Crippen molar-refractivity contribution < 1.29 is 9.53 Å². The van der Waals surface area contributed by atoms with Gasteiger partial charge < -0.3 is 14.6 Å². The molecule has 6 heteroatoms. The number of aryl methyl sites for hydroxylation is 1. The quantitative estimate of drug-likeness (QED) is 0.809. The molecule has 0 saturated carbocycles. The summed E-state index contributed by atoms with van der Waals surface area (Å²) < 4.78 is 7.14. The number of hydrogen-bond acceptors (Lipinski definition) is 4. The smallest absolute Gasteiger partial charge is 0.269 e. The number of nitrogens with zero attached hydrogens (tertiary/aromatic N) is 3.